The van der Waals surface area contributed by atoms with Gasteiger partial charge in [0.05, 0.1) is 17.6 Å². The summed E-state index contributed by atoms with van der Waals surface area (Å²) >= 11 is 0. The molecule has 0 aliphatic carbocycles. The second-order valence-electron chi connectivity index (χ2n) is 7.31. The van der Waals surface area contributed by atoms with Crippen LogP contribution in [0.15, 0.2) is 67.0 Å². The van der Waals surface area contributed by atoms with Crippen molar-refractivity contribution in [3.8, 4) is 22.5 Å². The number of anilines is 1. The Balaban J connectivity index is 1.47. The van der Waals surface area contributed by atoms with Gasteiger partial charge in [-0.15, -0.1) is 0 Å². The second kappa shape index (κ2) is 7.59. The van der Waals surface area contributed by atoms with Crippen LogP contribution in [0.3, 0.4) is 0 Å². The average molecular weight is 401 g/mol. The lowest BCUT2D eigenvalue weighted by Gasteiger charge is -2.16. The second-order valence-corrected chi connectivity index (χ2v) is 7.31. The molecule has 0 atom stereocenters. The molecule has 0 saturated carbocycles. The number of carbonyl (C=O) groups excluding carboxylic acids is 1. The van der Waals surface area contributed by atoms with Crippen LogP contribution >= 0.6 is 0 Å². The number of nitrogens with zero attached hydrogens (tertiary/aromatic N) is 4. The average Bonchev–Trinajstić information content (AvgIpc) is 3.45. The highest BCUT2D eigenvalue weighted by Crippen LogP contribution is 2.27. The number of halogens is 1. The highest BCUT2D eigenvalue weighted by atomic mass is 19.1. The Morgan fingerprint density at radius 2 is 1.83 bits per heavy atom. The Labute approximate surface area is 173 Å². The number of urea groups is 1. The fraction of sp³-hybridized carbons (Fsp3) is 0.174. The molecule has 3 heterocycles. The first kappa shape index (κ1) is 18.3. The molecular weight excluding hydrogens is 381 g/mol. The van der Waals surface area contributed by atoms with Crippen molar-refractivity contribution < 1.29 is 9.18 Å². The third kappa shape index (κ3) is 3.39. The molecule has 2 amide bonds. The largest absolute Gasteiger partial charge is 0.325 e. The van der Waals surface area contributed by atoms with Gasteiger partial charge in [0, 0.05) is 36.1 Å². The Hall–Kier alpha value is -3.74. The molecule has 1 fully saturated rings. The van der Waals surface area contributed by atoms with Gasteiger partial charge in [0.1, 0.15) is 5.82 Å². The van der Waals surface area contributed by atoms with Crippen molar-refractivity contribution >= 4 is 17.5 Å². The van der Waals surface area contributed by atoms with E-state index in [2.05, 4.69) is 15.3 Å². The molecule has 1 aliphatic rings. The molecule has 5 rings (SSSR count). The van der Waals surface area contributed by atoms with Crippen LogP contribution in [0.1, 0.15) is 12.8 Å². The van der Waals surface area contributed by atoms with E-state index in [0.717, 1.165) is 37.2 Å². The minimum atomic E-state index is -0.402. The van der Waals surface area contributed by atoms with Gasteiger partial charge < -0.3 is 10.2 Å². The van der Waals surface area contributed by atoms with Gasteiger partial charge in [-0.05, 0) is 37.1 Å². The van der Waals surface area contributed by atoms with Gasteiger partial charge in [-0.25, -0.2) is 19.2 Å². The van der Waals surface area contributed by atoms with E-state index in [1.807, 2.05) is 40.9 Å². The van der Waals surface area contributed by atoms with E-state index < -0.39 is 5.82 Å². The zero-order chi connectivity index (χ0) is 20.5. The molecule has 2 aromatic carbocycles. The van der Waals surface area contributed by atoms with E-state index in [9.17, 15) is 9.18 Å². The number of aromatic nitrogens is 3. The highest BCUT2D eigenvalue weighted by Gasteiger charge is 2.18. The summed E-state index contributed by atoms with van der Waals surface area (Å²) in [6, 6.07) is 16.0. The fourth-order valence-electron chi connectivity index (χ4n) is 3.77. The fourth-order valence-corrected chi connectivity index (χ4v) is 3.77. The summed E-state index contributed by atoms with van der Waals surface area (Å²) in [7, 11) is 0. The lowest BCUT2D eigenvalue weighted by Crippen LogP contribution is -2.32. The molecule has 6 nitrogen and oxygen atoms in total. The molecule has 4 aromatic rings. The number of carbonyl (C=O) groups is 1. The SMILES string of the molecule is O=C(Nc1ccc(F)c(-c2ccn3c(-c4ccccc4)cnc3n2)c1)N1CCCC1. The number of likely N-dealkylation sites (tertiary alicyclic amines) is 1. The highest BCUT2D eigenvalue weighted by molar-refractivity contribution is 5.90. The van der Waals surface area contributed by atoms with Crippen LogP contribution in [-0.4, -0.2) is 38.4 Å². The van der Waals surface area contributed by atoms with Crippen LogP contribution < -0.4 is 5.32 Å². The maximum atomic E-state index is 14.6. The minimum absolute atomic E-state index is 0.158. The first-order valence-electron chi connectivity index (χ1n) is 9.94. The van der Waals surface area contributed by atoms with Crippen molar-refractivity contribution in [2.45, 2.75) is 12.8 Å². The zero-order valence-corrected chi connectivity index (χ0v) is 16.3. The molecule has 0 bridgehead atoms. The number of benzene rings is 2. The summed E-state index contributed by atoms with van der Waals surface area (Å²) in [5.41, 5.74) is 3.26. The maximum absolute atomic E-state index is 14.6. The Kier molecular flexibility index (Phi) is 4.63. The molecule has 1 N–H and O–H groups in total. The lowest BCUT2D eigenvalue weighted by atomic mass is 10.1. The van der Waals surface area contributed by atoms with Gasteiger partial charge in [0.25, 0.3) is 0 Å². The van der Waals surface area contributed by atoms with Gasteiger partial charge in [0.15, 0.2) is 0 Å². The predicted molar refractivity (Wildman–Crippen MR) is 114 cm³/mol. The number of amides is 2. The molecule has 0 spiro atoms. The first-order chi connectivity index (χ1) is 14.7. The van der Waals surface area contributed by atoms with Crippen LogP contribution in [-0.2, 0) is 0 Å². The van der Waals surface area contributed by atoms with E-state index in [1.165, 1.54) is 6.07 Å². The molecule has 0 radical (unpaired) electrons. The van der Waals surface area contributed by atoms with Gasteiger partial charge in [-0.1, -0.05) is 30.3 Å². The van der Waals surface area contributed by atoms with Crippen molar-refractivity contribution in [1.82, 2.24) is 19.3 Å². The normalized spacial score (nSPS) is 13.7. The number of nitrogens with one attached hydrogen (secondary N) is 1. The number of hydrogen-bond acceptors (Lipinski definition) is 3. The van der Waals surface area contributed by atoms with Gasteiger partial charge in [-0.2, -0.15) is 0 Å². The molecule has 1 aliphatic heterocycles. The molecule has 30 heavy (non-hydrogen) atoms. The quantitative estimate of drug-likeness (QED) is 0.535. The molecular formula is C23H20FN5O. The maximum Gasteiger partial charge on any atom is 0.321 e. The summed E-state index contributed by atoms with van der Waals surface area (Å²) in [5, 5.41) is 2.86. The van der Waals surface area contributed by atoms with Crippen LogP contribution in [0.2, 0.25) is 0 Å². The summed E-state index contributed by atoms with van der Waals surface area (Å²) in [5.74, 6) is 0.0816. The van der Waals surface area contributed by atoms with E-state index in [1.54, 1.807) is 29.3 Å². The van der Waals surface area contributed by atoms with Crippen LogP contribution in [0, 0.1) is 5.82 Å². The zero-order valence-electron chi connectivity index (χ0n) is 16.3. The van der Waals surface area contributed by atoms with E-state index >= 15 is 0 Å². The standard InChI is InChI=1S/C23H20FN5O/c24-19-9-8-17(26-23(30)28-11-4-5-12-28)14-18(19)20-10-13-29-21(15-25-22(29)27-20)16-6-2-1-3-7-16/h1-3,6-10,13-15H,4-5,11-12H2,(H,26,30). The monoisotopic (exact) mass is 401 g/mol. The molecule has 1 saturated heterocycles. The van der Waals surface area contributed by atoms with Crippen molar-refractivity contribution in [3.05, 3.63) is 72.8 Å². The third-order valence-corrected chi connectivity index (χ3v) is 5.34. The van der Waals surface area contributed by atoms with Gasteiger partial charge in [-0.3, -0.25) is 4.40 Å². The molecule has 0 unspecified atom stereocenters. The van der Waals surface area contributed by atoms with Crippen molar-refractivity contribution in [3.63, 3.8) is 0 Å². The van der Waals surface area contributed by atoms with E-state index in [-0.39, 0.29) is 6.03 Å². The first-order valence-corrected chi connectivity index (χ1v) is 9.94. The topological polar surface area (TPSA) is 62.5 Å². The Morgan fingerprint density at radius 1 is 1.03 bits per heavy atom. The van der Waals surface area contributed by atoms with Crippen molar-refractivity contribution in [1.29, 1.82) is 0 Å². The van der Waals surface area contributed by atoms with Gasteiger partial charge >= 0.3 is 6.03 Å². The summed E-state index contributed by atoms with van der Waals surface area (Å²) < 4.78 is 16.4. The smallest absolute Gasteiger partial charge is 0.321 e. The third-order valence-electron chi connectivity index (χ3n) is 5.34. The Morgan fingerprint density at radius 3 is 2.63 bits per heavy atom. The Bertz CT molecular complexity index is 1210. The summed E-state index contributed by atoms with van der Waals surface area (Å²) in [6.45, 7) is 1.50. The molecule has 2 aromatic heterocycles. The van der Waals surface area contributed by atoms with Crippen LogP contribution in [0.4, 0.5) is 14.9 Å². The number of hydrogen-bond donors (Lipinski definition) is 1. The van der Waals surface area contributed by atoms with E-state index in [4.69, 9.17) is 0 Å². The summed E-state index contributed by atoms with van der Waals surface area (Å²) in [4.78, 5) is 23.0. The summed E-state index contributed by atoms with van der Waals surface area (Å²) in [6.07, 6.45) is 5.62. The number of imidazole rings is 1. The number of fused-ring (bicyclic) bond motifs is 1. The van der Waals surface area contributed by atoms with Crippen LogP contribution in [0.25, 0.3) is 28.3 Å². The lowest BCUT2D eigenvalue weighted by molar-refractivity contribution is 0.222. The van der Waals surface area contributed by atoms with Gasteiger partial charge in [0.2, 0.25) is 5.78 Å². The molecule has 150 valence electrons. The van der Waals surface area contributed by atoms with Crippen molar-refractivity contribution in [2.75, 3.05) is 18.4 Å². The predicted octanol–water partition coefficient (Wildman–Crippen LogP) is 4.83. The van der Waals surface area contributed by atoms with Crippen molar-refractivity contribution in [2.24, 2.45) is 0 Å². The van der Waals surface area contributed by atoms with E-state index in [0.29, 0.717) is 22.7 Å². The molecule has 7 heteroatoms. The minimum Gasteiger partial charge on any atom is -0.325 e. The van der Waals surface area contributed by atoms with Crippen LogP contribution in [0.5, 0.6) is 0 Å². The number of rotatable bonds is 3.